The Morgan fingerprint density at radius 3 is 2.27 bits per heavy atom. The Labute approximate surface area is 149 Å². The molecule has 9 heteroatoms. The van der Waals surface area contributed by atoms with Crippen molar-refractivity contribution in [3.8, 4) is 0 Å². The minimum Gasteiger partial charge on any atom is -0.372 e. The van der Waals surface area contributed by atoms with Gasteiger partial charge in [-0.3, -0.25) is 25.7 Å². The number of hydrogen-bond acceptors (Lipinski definition) is 7. The van der Waals surface area contributed by atoms with Crippen LogP contribution < -0.4 is 5.43 Å². The first-order valence-electron chi connectivity index (χ1n) is 7.64. The maximum absolute atomic E-state index is 11.2. The van der Waals surface area contributed by atoms with E-state index >= 15 is 0 Å². The molecule has 0 spiro atoms. The van der Waals surface area contributed by atoms with Gasteiger partial charge >= 0.3 is 5.69 Å². The number of nitrogens with one attached hydrogen (secondary N) is 1. The van der Waals surface area contributed by atoms with Crippen LogP contribution in [0.2, 0.25) is 0 Å². The number of benzene rings is 2. The summed E-state index contributed by atoms with van der Waals surface area (Å²) in [5.41, 5.74) is 2.40. The highest BCUT2D eigenvalue weighted by molar-refractivity contribution is 6.06. The summed E-state index contributed by atoms with van der Waals surface area (Å²) in [7, 11) is 1.53. The van der Waals surface area contributed by atoms with Gasteiger partial charge in [0.1, 0.15) is 11.3 Å². The molecule has 2 aromatic carbocycles. The van der Waals surface area contributed by atoms with Gasteiger partial charge in [0.2, 0.25) is 0 Å². The van der Waals surface area contributed by atoms with Crippen LogP contribution in [0.3, 0.4) is 0 Å². The number of anilines is 1. The summed E-state index contributed by atoms with van der Waals surface area (Å²) in [6.07, 6.45) is 0. The van der Waals surface area contributed by atoms with Crippen LogP contribution in [0.25, 0.3) is 0 Å². The molecule has 9 nitrogen and oxygen atoms in total. The molecule has 0 aliphatic heterocycles. The Morgan fingerprint density at radius 2 is 1.73 bits per heavy atom. The van der Waals surface area contributed by atoms with E-state index in [2.05, 4.69) is 10.5 Å². The van der Waals surface area contributed by atoms with Crippen molar-refractivity contribution in [3.05, 3.63) is 74.3 Å². The van der Waals surface area contributed by atoms with Crippen LogP contribution in [0.15, 0.2) is 53.6 Å². The molecular formula is C17H18N4O5. The molecule has 0 saturated carbocycles. The Balaban J connectivity index is 2.47. The van der Waals surface area contributed by atoms with Crippen molar-refractivity contribution >= 4 is 22.8 Å². The second-order valence-corrected chi connectivity index (χ2v) is 5.87. The quantitative estimate of drug-likeness (QED) is 0.457. The Hall–Kier alpha value is -3.33. The van der Waals surface area contributed by atoms with Gasteiger partial charge in [0, 0.05) is 18.7 Å². The monoisotopic (exact) mass is 358 g/mol. The van der Waals surface area contributed by atoms with Gasteiger partial charge in [0.05, 0.1) is 21.6 Å². The summed E-state index contributed by atoms with van der Waals surface area (Å²) < 4.78 is 5.48. The molecule has 2 aromatic rings. The average molecular weight is 358 g/mol. The van der Waals surface area contributed by atoms with Crippen molar-refractivity contribution in [2.45, 2.75) is 19.4 Å². The van der Waals surface area contributed by atoms with Crippen LogP contribution in [0, 0.1) is 20.2 Å². The predicted molar refractivity (Wildman–Crippen MR) is 97.4 cm³/mol. The molecule has 136 valence electrons. The van der Waals surface area contributed by atoms with Crippen molar-refractivity contribution in [2.24, 2.45) is 5.10 Å². The molecule has 0 aliphatic rings. The van der Waals surface area contributed by atoms with Gasteiger partial charge in [0.25, 0.3) is 5.69 Å². The van der Waals surface area contributed by atoms with E-state index in [-0.39, 0.29) is 11.4 Å². The highest BCUT2D eigenvalue weighted by Crippen LogP contribution is 2.29. The standard InChI is InChI=1S/C17H18N4O5/c1-17(2,26-3)16(12-7-5-4-6-8-12)19-18-14-10-9-13(20(22)23)11-15(14)21(24)25/h4-11,18H,1-3H3/b19-16-. The van der Waals surface area contributed by atoms with Gasteiger partial charge in [-0.2, -0.15) is 5.10 Å². The van der Waals surface area contributed by atoms with E-state index < -0.39 is 21.1 Å². The zero-order valence-electron chi connectivity index (χ0n) is 14.5. The maximum Gasteiger partial charge on any atom is 0.301 e. The van der Waals surface area contributed by atoms with Crippen molar-refractivity contribution < 1.29 is 14.6 Å². The Morgan fingerprint density at radius 1 is 1.08 bits per heavy atom. The lowest BCUT2D eigenvalue weighted by Gasteiger charge is -2.25. The average Bonchev–Trinajstić information content (AvgIpc) is 2.62. The number of nitro groups is 2. The maximum atomic E-state index is 11.2. The summed E-state index contributed by atoms with van der Waals surface area (Å²) in [4.78, 5) is 20.7. The molecule has 0 bridgehead atoms. The number of ether oxygens (including phenoxy) is 1. The normalized spacial score (nSPS) is 11.9. The molecule has 0 radical (unpaired) electrons. The largest absolute Gasteiger partial charge is 0.372 e. The molecule has 0 heterocycles. The van der Waals surface area contributed by atoms with Gasteiger partial charge in [-0.05, 0) is 19.9 Å². The first kappa shape index (κ1) is 19.0. The third kappa shape index (κ3) is 4.19. The minimum absolute atomic E-state index is 0.0425. The Kier molecular flexibility index (Phi) is 5.63. The smallest absolute Gasteiger partial charge is 0.301 e. The summed E-state index contributed by atoms with van der Waals surface area (Å²) >= 11 is 0. The number of rotatable bonds is 7. The molecule has 1 N–H and O–H groups in total. The summed E-state index contributed by atoms with van der Waals surface area (Å²) in [6, 6.07) is 12.5. The molecule has 26 heavy (non-hydrogen) atoms. The van der Waals surface area contributed by atoms with Crippen LogP contribution in [-0.4, -0.2) is 28.3 Å². The fraction of sp³-hybridized carbons (Fsp3) is 0.235. The van der Waals surface area contributed by atoms with Gasteiger partial charge in [-0.15, -0.1) is 0 Å². The Bertz CT molecular complexity index is 849. The molecule has 0 atom stereocenters. The zero-order chi connectivity index (χ0) is 19.3. The fourth-order valence-electron chi connectivity index (χ4n) is 2.23. The van der Waals surface area contributed by atoms with Gasteiger partial charge in [0.15, 0.2) is 0 Å². The molecule has 2 rings (SSSR count). The number of hydrazone groups is 1. The number of non-ortho nitro benzene ring substituents is 1. The number of nitrogens with zero attached hydrogens (tertiary/aromatic N) is 3. The van der Waals surface area contributed by atoms with E-state index in [1.165, 1.54) is 19.2 Å². The summed E-state index contributed by atoms with van der Waals surface area (Å²) in [6.45, 7) is 3.62. The topological polar surface area (TPSA) is 120 Å². The van der Waals surface area contributed by atoms with Gasteiger partial charge in [-0.25, -0.2) is 0 Å². The first-order chi connectivity index (χ1) is 12.3. The summed E-state index contributed by atoms with van der Waals surface area (Å²) in [5.74, 6) is 0. The molecule has 0 aliphatic carbocycles. The first-order valence-corrected chi connectivity index (χ1v) is 7.64. The third-order valence-corrected chi connectivity index (χ3v) is 3.80. The predicted octanol–water partition coefficient (Wildman–Crippen LogP) is 3.74. The number of hydrogen-bond donors (Lipinski definition) is 1. The van der Waals surface area contributed by atoms with E-state index in [0.717, 1.165) is 11.6 Å². The van der Waals surface area contributed by atoms with E-state index in [9.17, 15) is 20.2 Å². The van der Waals surface area contributed by atoms with Crippen molar-refractivity contribution in [1.29, 1.82) is 0 Å². The van der Waals surface area contributed by atoms with E-state index in [0.29, 0.717) is 5.71 Å². The second kappa shape index (κ2) is 7.70. The van der Waals surface area contributed by atoms with Crippen LogP contribution in [0.4, 0.5) is 17.1 Å². The van der Waals surface area contributed by atoms with Crippen LogP contribution in [0.1, 0.15) is 19.4 Å². The molecule has 0 amide bonds. The zero-order valence-corrected chi connectivity index (χ0v) is 14.5. The van der Waals surface area contributed by atoms with E-state index in [4.69, 9.17) is 4.74 Å². The van der Waals surface area contributed by atoms with Gasteiger partial charge in [-0.1, -0.05) is 30.3 Å². The number of nitro benzene ring substituents is 2. The summed E-state index contributed by atoms with van der Waals surface area (Å²) in [5, 5.41) is 26.4. The van der Waals surface area contributed by atoms with E-state index in [1.807, 2.05) is 44.2 Å². The minimum atomic E-state index is -0.774. The van der Waals surface area contributed by atoms with Crippen LogP contribution in [-0.2, 0) is 4.74 Å². The van der Waals surface area contributed by atoms with E-state index in [1.54, 1.807) is 0 Å². The van der Waals surface area contributed by atoms with Crippen molar-refractivity contribution in [2.75, 3.05) is 12.5 Å². The lowest BCUT2D eigenvalue weighted by molar-refractivity contribution is -0.393. The molecular weight excluding hydrogens is 340 g/mol. The van der Waals surface area contributed by atoms with Crippen LogP contribution in [0.5, 0.6) is 0 Å². The van der Waals surface area contributed by atoms with Crippen molar-refractivity contribution in [3.63, 3.8) is 0 Å². The molecule has 0 unspecified atom stereocenters. The molecule has 0 fully saturated rings. The SMILES string of the molecule is COC(C)(C)/C(=N\Nc1ccc([N+](=O)[O-])cc1[N+](=O)[O-])c1ccccc1. The lowest BCUT2D eigenvalue weighted by atomic mass is 9.95. The highest BCUT2D eigenvalue weighted by atomic mass is 16.6. The van der Waals surface area contributed by atoms with Gasteiger partial charge < -0.3 is 4.74 Å². The third-order valence-electron chi connectivity index (χ3n) is 3.80. The fourth-order valence-corrected chi connectivity index (χ4v) is 2.23. The lowest BCUT2D eigenvalue weighted by Crippen LogP contribution is -2.35. The molecule has 0 saturated heterocycles. The van der Waals surface area contributed by atoms with Crippen molar-refractivity contribution in [1.82, 2.24) is 0 Å². The molecule has 0 aromatic heterocycles. The van der Waals surface area contributed by atoms with Crippen LogP contribution >= 0.6 is 0 Å². The highest BCUT2D eigenvalue weighted by Gasteiger charge is 2.27. The second-order valence-electron chi connectivity index (χ2n) is 5.87. The number of methoxy groups -OCH3 is 1.